The van der Waals surface area contributed by atoms with Crippen molar-refractivity contribution >= 4 is 27.3 Å². The zero-order valence-electron chi connectivity index (χ0n) is 17.2. The third-order valence-electron chi connectivity index (χ3n) is 6.88. The first-order chi connectivity index (χ1) is 14.0. The minimum Gasteiger partial charge on any atom is -0.340 e. The topological polar surface area (TPSA) is 60.9 Å². The lowest BCUT2D eigenvalue weighted by Gasteiger charge is -2.41. The molecule has 1 amide bonds. The zero-order chi connectivity index (χ0) is 20.3. The summed E-state index contributed by atoms with van der Waals surface area (Å²) in [5.41, 5.74) is 0. The van der Waals surface area contributed by atoms with Gasteiger partial charge in [0.1, 0.15) is 4.21 Å². The number of sulfonamides is 1. The number of piperazine rings is 1. The van der Waals surface area contributed by atoms with Crippen LogP contribution in [0.3, 0.4) is 0 Å². The number of carbonyl (C=O) groups is 1. The molecule has 3 heterocycles. The van der Waals surface area contributed by atoms with Crippen molar-refractivity contribution in [3.05, 3.63) is 17.5 Å². The zero-order valence-corrected chi connectivity index (χ0v) is 18.8. The summed E-state index contributed by atoms with van der Waals surface area (Å²) in [6.07, 6.45) is 8.84. The van der Waals surface area contributed by atoms with E-state index in [4.69, 9.17) is 0 Å². The van der Waals surface area contributed by atoms with E-state index in [-0.39, 0.29) is 5.91 Å². The second-order valence-corrected chi connectivity index (χ2v) is 11.8. The predicted molar refractivity (Wildman–Crippen MR) is 115 cm³/mol. The van der Waals surface area contributed by atoms with Crippen LogP contribution in [-0.2, 0) is 14.8 Å². The van der Waals surface area contributed by atoms with Crippen LogP contribution in [0.25, 0.3) is 0 Å². The van der Waals surface area contributed by atoms with Crippen molar-refractivity contribution < 1.29 is 13.2 Å². The van der Waals surface area contributed by atoms with Crippen molar-refractivity contribution in [2.75, 3.05) is 39.3 Å². The summed E-state index contributed by atoms with van der Waals surface area (Å²) in [5.74, 6) is 0.557. The fourth-order valence-electron chi connectivity index (χ4n) is 5.05. The van der Waals surface area contributed by atoms with Crippen LogP contribution in [0.15, 0.2) is 21.7 Å². The van der Waals surface area contributed by atoms with E-state index in [1.807, 2.05) is 4.90 Å². The number of rotatable bonds is 5. The Morgan fingerprint density at radius 3 is 2.28 bits per heavy atom. The van der Waals surface area contributed by atoms with Gasteiger partial charge in [0.15, 0.2) is 0 Å². The van der Waals surface area contributed by atoms with E-state index in [9.17, 15) is 13.2 Å². The fourth-order valence-corrected chi connectivity index (χ4v) is 7.66. The minimum absolute atomic E-state index is 0.257. The Morgan fingerprint density at radius 2 is 1.66 bits per heavy atom. The molecule has 29 heavy (non-hydrogen) atoms. The van der Waals surface area contributed by atoms with Crippen molar-refractivity contribution in [3.63, 3.8) is 0 Å². The lowest BCUT2D eigenvalue weighted by Crippen LogP contribution is -2.52. The average molecular weight is 440 g/mol. The van der Waals surface area contributed by atoms with Gasteiger partial charge in [0.25, 0.3) is 10.0 Å². The Hall–Kier alpha value is -0.960. The maximum atomic E-state index is 12.8. The number of hydrogen-bond acceptors (Lipinski definition) is 5. The van der Waals surface area contributed by atoms with Gasteiger partial charge < -0.3 is 4.90 Å². The standard InChI is InChI=1S/C21H33N3O3S2/c25-20(23-14-12-22(13-15-23)19-5-2-1-3-6-19)17-18-8-10-24(11-9-18)29(26,27)21-7-4-16-28-21/h4,7,16,18-19H,1-3,5-6,8-15,17H2. The van der Waals surface area contributed by atoms with Crippen molar-refractivity contribution in [1.82, 2.24) is 14.1 Å². The van der Waals surface area contributed by atoms with Gasteiger partial charge in [-0.25, -0.2) is 8.42 Å². The summed E-state index contributed by atoms with van der Waals surface area (Å²) in [5, 5.41) is 1.80. The number of nitrogens with zero attached hydrogens (tertiary/aromatic N) is 3. The first kappa shape index (κ1) is 21.3. The highest BCUT2D eigenvalue weighted by Crippen LogP contribution is 2.28. The summed E-state index contributed by atoms with van der Waals surface area (Å²) in [6, 6.07) is 4.18. The molecule has 0 unspecified atom stereocenters. The largest absolute Gasteiger partial charge is 0.340 e. The van der Waals surface area contributed by atoms with E-state index in [2.05, 4.69) is 4.90 Å². The molecule has 2 aliphatic heterocycles. The van der Waals surface area contributed by atoms with Crippen molar-refractivity contribution in [3.8, 4) is 0 Å². The lowest BCUT2D eigenvalue weighted by atomic mass is 9.93. The molecule has 6 nitrogen and oxygen atoms in total. The molecule has 0 N–H and O–H groups in total. The third kappa shape index (κ3) is 5.03. The average Bonchev–Trinajstić information content (AvgIpc) is 3.31. The third-order valence-corrected chi connectivity index (χ3v) is 10.2. The summed E-state index contributed by atoms with van der Waals surface area (Å²) >= 11 is 1.27. The van der Waals surface area contributed by atoms with E-state index in [0.29, 0.717) is 29.6 Å². The predicted octanol–water partition coefficient (Wildman–Crippen LogP) is 3.02. The summed E-state index contributed by atoms with van der Waals surface area (Å²) in [7, 11) is -3.36. The summed E-state index contributed by atoms with van der Waals surface area (Å²) in [4.78, 5) is 17.4. The molecule has 0 spiro atoms. The molecule has 3 fully saturated rings. The number of carbonyl (C=O) groups excluding carboxylic acids is 1. The molecule has 0 atom stereocenters. The molecule has 1 aromatic rings. The van der Waals surface area contributed by atoms with Crippen LogP contribution in [0, 0.1) is 5.92 Å². The molecule has 2 saturated heterocycles. The van der Waals surface area contributed by atoms with Gasteiger partial charge in [0.05, 0.1) is 0 Å². The molecule has 162 valence electrons. The van der Waals surface area contributed by atoms with Crippen LogP contribution in [0.2, 0.25) is 0 Å². The second kappa shape index (κ2) is 9.45. The molecule has 1 aromatic heterocycles. The quantitative estimate of drug-likeness (QED) is 0.708. The summed E-state index contributed by atoms with van der Waals surface area (Å²) in [6.45, 7) is 4.75. The normalized spacial score (nSPS) is 24.1. The molecular formula is C21H33N3O3S2. The van der Waals surface area contributed by atoms with E-state index in [0.717, 1.165) is 45.1 Å². The molecular weight excluding hydrogens is 406 g/mol. The molecule has 1 aliphatic carbocycles. The SMILES string of the molecule is O=C(CC1CCN(S(=O)(=O)c2cccs2)CC1)N1CCN(C2CCCCC2)CC1. The van der Waals surface area contributed by atoms with Crippen LogP contribution in [0.1, 0.15) is 51.4 Å². The van der Waals surface area contributed by atoms with Gasteiger partial charge in [-0.15, -0.1) is 11.3 Å². The van der Waals surface area contributed by atoms with E-state index >= 15 is 0 Å². The molecule has 3 aliphatic rings. The first-order valence-corrected chi connectivity index (χ1v) is 13.4. The van der Waals surface area contributed by atoms with Gasteiger partial charge in [-0.2, -0.15) is 4.31 Å². The molecule has 8 heteroatoms. The second-order valence-electron chi connectivity index (χ2n) is 8.69. The lowest BCUT2D eigenvalue weighted by molar-refractivity contribution is -0.134. The number of amides is 1. The Labute approximate surface area is 178 Å². The highest BCUT2D eigenvalue weighted by atomic mass is 32.2. The number of piperidine rings is 1. The van der Waals surface area contributed by atoms with Crippen LogP contribution in [0.4, 0.5) is 0 Å². The van der Waals surface area contributed by atoms with Crippen LogP contribution in [-0.4, -0.2) is 73.7 Å². The fraction of sp³-hybridized carbons (Fsp3) is 0.762. The highest BCUT2D eigenvalue weighted by molar-refractivity contribution is 7.91. The van der Waals surface area contributed by atoms with Crippen molar-refractivity contribution in [2.24, 2.45) is 5.92 Å². The number of hydrogen-bond donors (Lipinski definition) is 0. The Morgan fingerprint density at radius 1 is 0.966 bits per heavy atom. The monoisotopic (exact) mass is 439 g/mol. The number of thiophene rings is 1. The molecule has 0 aromatic carbocycles. The first-order valence-electron chi connectivity index (χ1n) is 11.1. The van der Waals surface area contributed by atoms with Gasteiger partial charge in [0.2, 0.25) is 5.91 Å². The van der Waals surface area contributed by atoms with Gasteiger partial charge in [-0.1, -0.05) is 25.3 Å². The Bertz CT molecular complexity index is 759. The Kier molecular flexibility index (Phi) is 6.94. The Balaban J connectivity index is 1.21. The molecule has 0 radical (unpaired) electrons. The smallest absolute Gasteiger partial charge is 0.252 e. The van der Waals surface area contributed by atoms with E-state index < -0.39 is 10.0 Å². The highest BCUT2D eigenvalue weighted by Gasteiger charge is 2.32. The van der Waals surface area contributed by atoms with Crippen molar-refractivity contribution in [1.29, 1.82) is 0 Å². The molecule has 1 saturated carbocycles. The minimum atomic E-state index is -3.36. The van der Waals surface area contributed by atoms with Crippen LogP contribution < -0.4 is 0 Å². The maximum absolute atomic E-state index is 12.8. The van der Waals surface area contributed by atoms with Gasteiger partial charge >= 0.3 is 0 Å². The molecule has 0 bridgehead atoms. The summed E-state index contributed by atoms with van der Waals surface area (Å²) < 4.78 is 27.3. The van der Waals surface area contributed by atoms with E-state index in [1.54, 1.807) is 21.8 Å². The van der Waals surface area contributed by atoms with Crippen LogP contribution >= 0.6 is 11.3 Å². The van der Waals surface area contributed by atoms with Gasteiger partial charge in [-0.3, -0.25) is 9.69 Å². The maximum Gasteiger partial charge on any atom is 0.252 e. The van der Waals surface area contributed by atoms with Gasteiger partial charge in [-0.05, 0) is 43.0 Å². The molecule has 4 rings (SSSR count). The van der Waals surface area contributed by atoms with Gasteiger partial charge in [0, 0.05) is 51.7 Å². The van der Waals surface area contributed by atoms with Crippen molar-refractivity contribution in [2.45, 2.75) is 61.6 Å². The van der Waals surface area contributed by atoms with E-state index in [1.165, 1.54) is 43.4 Å². The van der Waals surface area contributed by atoms with Crippen LogP contribution in [0.5, 0.6) is 0 Å².